The number of para-hydroxylation sites is 1. The number of rotatable bonds is 5. The average Bonchev–Trinajstić information content (AvgIpc) is 2.28. The van der Waals surface area contributed by atoms with E-state index in [0.29, 0.717) is 18.8 Å². The van der Waals surface area contributed by atoms with E-state index < -0.39 is 10.2 Å². The molecule has 0 aliphatic heterocycles. The highest BCUT2D eigenvalue weighted by Gasteiger charge is 2.18. The van der Waals surface area contributed by atoms with Crippen molar-refractivity contribution >= 4 is 15.9 Å². The zero-order valence-electron chi connectivity index (χ0n) is 9.47. The topological polar surface area (TPSA) is 75.4 Å². The number of nitrogens with one attached hydrogen (secondary N) is 1. The maximum atomic E-state index is 11.8. The summed E-state index contributed by atoms with van der Waals surface area (Å²) in [5.74, 6) is 0. The van der Waals surface area contributed by atoms with Crippen molar-refractivity contribution in [3.05, 3.63) is 29.8 Å². The summed E-state index contributed by atoms with van der Waals surface area (Å²) in [6.07, 6.45) is 0. The van der Waals surface area contributed by atoms with Crippen LogP contribution in [-0.4, -0.2) is 22.0 Å². The van der Waals surface area contributed by atoms with Gasteiger partial charge in [-0.05, 0) is 11.6 Å². The Morgan fingerprint density at radius 2 is 2.00 bits per heavy atom. The van der Waals surface area contributed by atoms with Crippen molar-refractivity contribution in [2.45, 2.75) is 13.5 Å². The van der Waals surface area contributed by atoms with E-state index in [-0.39, 0.29) is 0 Å². The first-order chi connectivity index (χ1) is 7.53. The Labute approximate surface area is 96.4 Å². The van der Waals surface area contributed by atoms with Gasteiger partial charge in [0.2, 0.25) is 0 Å². The highest BCUT2D eigenvalue weighted by atomic mass is 32.2. The fourth-order valence-electron chi connectivity index (χ4n) is 1.40. The van der Waals surface area contributed by atoms with Gasteiger partial charge in [0.1, 0.15) is 0 Å². The maximum absolute atomic E-state index is 11.8. The molecular weight excluding hydrogens is 226 g/mol. The predicted octanol–water partition coefficient (Wildman–Crippen LogP) is 0.436. The van der Waals surface area contributed by atoms with Gasteiger partial charge in [-0.1, -0.05) is 25.1 Å². The predicted molar refractivity (Wildman–Crippen MR) is 65.3 cm³/mol. The second-order valence-corrected chi connectivity index (χ2v) is 5.09. The molecule has 0 atom stereocenters. The minimum absolute atomic E-state index is 0.308. The molecule has 0 radical (unpaired) electrons. The van der Waals surface area contributed by atoms with Crippen LogP contribution in [0.5, 0.6) is 0 Å². The molecule has 0 spiro atoms. The largest absolute Gasteiger partial charge is 0.326 e. The molecule has 0 aromatic heterocycles. The highest BCUT2D eigenvalue weighted by molar-refractivity contribution is 7.90. The zero-order valence-corrected chi connectivity index (χ0v) is 10.3. The molecule has 3 N–H and O–H groups in total. The van der Waals surface area contributed by atoms with Crippen molar-refractivity contribution in [3.8, 4) is 0 Å². The molecule has 0 bridgehead atoms. The normalized spacial score (nSPS) is 11.4. The van der Waals surface area contributed by atoms with E-state index in [9.17, 15) is 8.42 Å². The standard InChI is InChI=1S/C10H17N3O2S/c1-3-12-16(14,15)13(2)10-7-5-4-6-9(10)8-11/h4-7,12H,3,8,11H2,1-2H3. The van der Waals surface area contributed by atoms with Crippen molar-refractivity contribution in [2.75, 3.05) is 17.9 Å². The first-order valence-electron chi connectivity index (χ1n) is 5.04. The monoisotopic (exact) mass is 243 g/mol. The molecule has 0 unspecified atom stereocenters. The maximum Gasteiger partial charge on any atom is 0.301 e. The lowest BCUT2D eigenvalue weighted by Gasteiger charge is -2.21. The summed E-state index contributed by atoms with van der Waals surface area (Å²) in [7, 11) is -1.96. The number of hydrogen-bond donors (Lipinski definition) is 2. The Kier molecular flexibility index (Phi) is 4.28. The second kappa shape index (κ2) is 5.29. The Morgan fingerprint density at radius 3 is 2.56 bits per heavy atom. The quantitative estimate of drug-likeness (QED) is 0.787. The van der Waals surface area contributed by atoms with Gasteiger partial charge in [-0.15, -0.1) is 0 Å². The van der Waals surface area contributed by atoms with E-state index >= 15 is 0 Å². The summed E-state index contributed by atoms with van der Waals surface area (Å²) < 4.78 is 27.2. The smallest absolute Gasteiger partial charge is 0.301 e. The van der Waals surface area contributed by atoms with Gasteiger partial charge in [0, 0.05) is 20.1 Å². The molecule has 5 nitrogen and oxygen atoms in total. The first kappa shape index (κ1) is 13.0. The molecule has 16 heavy (non-hydrogen) atoms. The summed E-state index contributed by atoms with van der Waals surface area (Å²) in [5, 5.41) is 0. The summed E-state index contributed by atoms with van der Waals surface area (Å²) in [6.45, 7) is 2.40. The molecule has 0 saturated heterocycles. The fraction of sp³-hybridized carbons (Fsp3) is 0.400. The van der Waals surface area contributed by atoms with E-state index in [4.69, 9.17) is 5.73 Å². The molecule has 1 aromatic carbocycles. The fourth-order valence-corrected chi connectivity index (χ4v) is 2.39. The lowest BCUT2D eigenvalue weighted by Crippen LogP contribution is -2.38. The minimum Gasteiger partial charge on any atom is -0.326 e. The molecule has 0 fully saturated rings. The zero-order chi connectivity index (χ0) is 12.2. The van der Waals surface area contributed by atoms with Crippen LogP contribution in [0.4, 0.5) is 5.69 Å². The number of nitrogens with zero attached hydrogens (tertiary/aromatic N) is 1. The van der Waals surface area contributed by atoms with Crippen molar-refractivity contribution in [1.82, 2.24) is 4.72 Å². The van der Waals surface area contributed by atoms with Gasteiger partial charge in [-0.2, -0.15) is 13.1 Å². The van der Waals surface area contributed by atoms with E-state index in [2.05, 4.69) is 4.72 Å². The van der Waals surface area contributed by atoms with Crippen LogP contribution in [-0.2, 0) is 16.8 Å². The summed E-state index contributed by atoms with van der Waals surface area (Å²) in [4.78, 5) is 0. The van der Waals surface area contributed by atoms with E-state index in [1.165, 1.54) is 11.4 Å². The molecule has 1 aromatic rings. The third-order valence-corrected chi connectivity index (χ3v) is 3.81. The average molecular weight is 243 g/mol. The molecule has 0 amide bonds. The van der Waals surface area contributed by atoms with Crippen LogP contribution in [0.15, 0.2) is 24.3 Å². The van der Waals surface area contributed by atoms with Gasteiger partial charge in [-0.25, -0.2) is 0 Å². The van der Waals surface area contributed by atoms with Crippen LogP contribution in [0.1, 0.15) is 12.5 Å². The Hall–Kier alpha value is -1.11. The molecule has 0 aliphatic rings. The number of anilines is 1. The van der Waals surface area contributed by atoms with Crippen LogP contribution < -0.4 is 14.8 Å². The van der Waals surface area contributed by atoms with E-state index in [1.54, 1.807) is 19.1 Å². The van der Waals surface area contributed by atoms with Crippen molar-refractivity contribution < 1.29 is 8.42 Å². The number of benzene rings is 1. The van der Waals surface area contributed by atoms with Gasteiger partial charge in [0.15, 0.2) is 0 Å². The molecular formula is C10H17N3O2S. The highest BCUT2D eigenvalue weighted by Crippen LogP contribution is 2.20. The van der Waals surface area contributed by atoms with Gasteiger partial charge in [0.05, 0.1) is 5.69 Å². The van der Waals surface area contributed by atoms with Crippen LogP contribution in [0, 0.1) is 0 Å². The molecule has 1 rings (SSSR count). The SMILES string of the molecule is CCNS(=O)(=O)N(C)c1ccccc1CN. The third-order valence-electron chi connectivity index (χ3n) is 2.24. The molecule has 6 heteroatoms. The van der Waals surface area contributed by atoms with Gasteiger partial charge in [-0.3, -0.25) is 4.31 Å². The van der Waals surface area contributed by atoms with Crippen LogP contribution in [0.25, 0.3) is 0 Å². The van der Waals surface area contributed by atoms with E-state index in [1.807, 2.05) is 12.1 Å². The van der Waals surface area contributed by atoms with E-state index in [0.717, 1.165) is 5.56 Å². The van der Waals surface area contributed by atoms with Crippen LogP contribution in [0.2, 0.25) is 0 Å². The molecule has 0 heterocycles. The van der Waals surface area contributed by atoms with Crippen molar-refractivity contribution in [3.63, 3.8) is 0 Å². The lowest BCUT2D eigenvalue weighted by molar-refractivity contribution is 0.582. The first-order valence-corrected chi connectivity index (χ1v) is 6.48. The van der Waals surface area contributed by atoms with Crippen molar-refractivity contribution in [1.29, 1.82) is 0 Å². The van der Waals surface area contributed by atoms with Gasteiger partial charge < -0.3 is 5.73 Å². The Bertz CT molecular complexity index is 445. The summed E-state index contributed by atoms with van der Waals surface area (Å²) in [6, 6.07) is 7.16. The number of nitrogens with two attached hydrogens (primary N) is 1. The van der Waals surface area contributed by atoms with Crippen LogP contribution in [0.3, 0.4) is 0 Å². The Balaban J connectivity index is 3.09. The van der Waals surface area contributed by atoms with Crippen LogP contribution >= 0.6 is 0 Å². The Morgan fingerprint density at radius 1 is 1.38 bits per heavy atom. The van der Waals surface area contributed by atoms with Crippen molar-refractivity contribution in [2.24, 2.45) is 5.73 Å². The second-order valence-electron chi connectivity index (χ2n) is 3.30. The van der Waals surface area contributed by atoms with Gasteiger partial charge in [0.25, 0.3) is 0 Å². The van der Waals surface area contributed by atoms with Gasteiger partial charge >= 0.3 is 10.2 Å². The molecule has 90 valence electrons. The molecule has 0 aliphatic carbocycles. The third kappa shape index (κ3) is 2.72. The lowest BCUT2D eigenvalue weighted by atomic mass is 10.2. The molecule has 0 saturated carbocycles. The summed E-state index contributed by atoms with van der Waals surface area (Å²) >= 11 is 0. The number of hydrogen-bond acceptors (Lipinski definition) is 3. The summed E-state index contributed by atoms with van der Waals surface area (Å²) in [5.41, 5.74) is 6.96. The minimum atomic E-state index is -3.47.